The summed E-state index contributed by atoms with van der Waals surface area (Å²) in [4.78, 5) is 4.55. The van der Waals surface area contributed by atoms with E-state index >= 15 is 0 Å². The van der Waals surface area contributed by atoms with Crippen LogP contribution in [0.25, 0.3) is 10.8 Å². The van der Waals surface area contributed by atoms with E-state index in [1.54, 1.807) is 12.5 Å². The van der Waals surface area contributed by atoms with Crippen molar-refractivity contribution in [1.82, 2.24) is 5.32 Å². The van der Waals surface area contributed by atoms with Crippen molar-refractivity contribution < 1.29 is 29.6 Å². The van der Waals surface area contributed by atoms with Crippen molar-refractivity contribution in [2.24, 2.45) is 51.1 Å². The number of hydrogen-bond donors (Lipinski definition) is 6. The largest absolute Gasteiger partial charge is 0.471 e. The van der Waals surface area contributed by atoms with Crippen LogP contribution in [0.3, 0.4) is 0 Å². The summed E-state index contributed by atoms with van der Waals surface area (Å²) in [5, 5.41) is 48.4. The molecule has 1 aromatic carbocycles. The lowest BCUT2D eigenvalue weighted by atomic mass is 9.46. The topological polar surface area (TPSA) is 157 Å². The van der Waals surface area contributed by atoms with E-state index in [0.29, 0.717) is 42.6 Å². The Bertz CT molecular complexity index is 1670. The molecule has 0 unspecified atom stereocenters. The summed E-state index contributed by atoms with van der Waals surface area (Å²) in [6.45, 7) is 5.47. The van der Waals surface area contributed by atoms with E-state index < -0.39 is 11.8 Å². The molecule has 1 saturated heterocycles. The Balaban J connectivity index is 0.887. The molecular weight excluding hydrogens is 666 g/mol. The standard InChI is InChI=1S/C44H65N3O6/c1-41(33-9-8-30(21-33)38(50)47-40(45)46-19-13-29-5-3-6-32-26-52-27-36(29)32)25-35-31(14-20-48)23-43(39-42(2,53-39)16-12-37(35)41)17-10-28(22-43)11-18-44(51)15-4-7-34(49)24-44/h3,5-6,14,26-28,30,33-35,37-39,48-51H,4,7-13,15-25H2,1-2H3,(H3,45,46,47)/t28-,30-,33-,34-,35+,37-,38-,39+,41+,42+,43-,44+/m0/s1. The molecular formula is C44H65N3O6. The van der Waals surface area contributed by atoms with E-state index in [-0.39, 0.29) is 41.2 Å². The predicted octanol–water partition coefficient (Wildman–Crippen LogP) is 6.75. The summed E-state index contributed by atoms with van der Waals surface area (Å²) in [7, 11) is 0. The van der Waals surface area contributed by atoms with Crippen LogP contribution < -0.4 is 11.1 Å². The lowest BCUT2D eigenvalue weighted by molar-refractivity contribution is -0.0716. The predicted molar refractivity (Wildman–Crippen MR) is 207 cm³/mol. The summed E-state index contributed by atoms with van der Waals surface area (Å²) in [6, 6.07) is 6.16. The molecule has 0 amide bonds. The van der Waals surface area contributed by atoms with Crippen molar-refractivity contribution in [1.29, 1.82) is 0 Å². The van der Waals surface area contributed by atoms with Gasteiger partial charge in [0, 0.05) is 35.1 Å². The minimum atomic E-state index is -0.718. The van der Waals surface area contributed by atoms with Gasteiger partial charge in [0.15, 0.2) is 5.96 Å². The number of furan rings is 1. The smallest absolute Gasteiger partial charge is 0.190 e. The second-order valence-corrected chi connectivity index (χ2v) is 19.1. The molecule has 0 bridgehead atoms. The van der Waals surface area contributed by atoms with Crippen LogP contribution in [0.4, 0.5) is 0 Å². The van der Waals surface area contributed by atoms with Crippen LogP contribution in [0.5, 0.6) is 0 Å². The number of fused-ring (bicyclic) bond motifs is 4. The monoisotopic (exact) mass is 731 g/mol. The maximum absolute atomic E-state index is 11.3. The number of nitrogens with one attached hydrogen (secondary N) is 1. The van der Waals surface area contributed by atoms with Gasteiger partial charge >= 0.3 is 0 Å². The molecule has 6 fully saturated rings. The highest BCUT2D eigenvalue weighted by atomic mass is 16.6. The number of epoxide rings is 1. The van der Waals surface area contributed by atoms with Crippen molar-refractivity contribution >= 4 is 16.7 Å². The molecule has 53 heavy (non-hydrogen) atoms. The third kappa shape index (κ3) is 7.35. The van der Waals surface area contributed by atoms with Gasteiger partial charge in [-0.1, -0.05) is 36.8 Å². The van der Waals surface area contributed by atoms with Crippen LogP contribution in [0.2, 0.25) is 0 Å². The Hall–Kier alpha value is -2.43. The highest BCUT2D eigenvalue weighted by Crippen LogP contribution is 2.69. The number of allylic oxidation sites excluding steroid dienone is 1. The zero-order valence-corrected chi connectivity index (χ0v) is 32.1. The van der Waals surface area contributed by atoms with Gasteiger partial charge < -0.3 is 40.6 Å². The molecule has 9 heteroatoms. The summed E-state index contributed by atoms with van der Waals surface area (Å²) in [5.74, 6) is 2.57. The number of benzene rings is 1. The highest BCUT2D eigenvalue weighted by molar-refractivity contribution is 5.84. The molecule has 2 aromatic rings. The van der Waals surface area contributed by atoms with E-state index in [1.165, 1.54) is 17.6 Å². The second kappa shape index (κ2) is 14.6. The van der Waals surface area contributed by atoms with Crippen LogP contribution in [0, 0.1) is 40.4 Å². The molecule has 0 radical (unpaired) electrons. The maximum atomic E-state index is 11.3. The fourth-order valence-corrected chi connectivity index (χ4v) is 12.8. The van der Waals surface area contributed by atoms with E-state index in [9.17, 15) is 20.4 Å². The zero-order chi connectivity index (χ0) is 37.0. The summed E-state index contributed by atoms with van der Waals surface area (Å²) in [6.07, 6.45) is 21.3. The first-order chi connectivity index (χ1) is 25.4. The molecule has 5 saturated carbocycles. The zero-order valence-electron chi connectivity index (χ0n) is 32.1. The maximum Gasteiger partial charge on any atom is 0.190 e. The minimum Gasteiger partial charge on any atom is -0.471 e. The molecule has 292 valence electrons. The lowest BCUT2D eigenvalue weighted by Gasteiger charge is -2.58. The van der Waals surface area contributed by atoms with Gasteiger partial charge in [0.1, 0.15) is 6.23 Å². The number of rotatable bonds is 10. The molecule has 5 aliphatic carbocycles. The molecule has 9 nitrogen and oxygen atoms in total. The van der Waals surface area contributed by atoms with Crippen LogP contribution in [-0.2, 0) is 11.2 Å². The number of nitrogens with two attached hydrogens (primary N) is 1. The lowest BCUT2D eigenvalue weighted by Crippen LogP contribution is -2.51. The molecule has 7 N–H and O–H groups in total. The number of aliphatic imine (C=N–C) groups is 1. The van der Waals surface area contributed by atoms with E-state index in [2.05, 4.69) is 36.3 Å². The second-order valence-electron chi connectivity index (χ2n) is 19.1. The number of nitrogens with zero attached hydrogens (tertiary/aromatic N) is 1. The van der Waals surface area contributed by atoms with Gasteiger partial charge in [-0.3, -0.25) is 4.99 Å². The number of ether oxygens (including phenoxy) is 1. The molecule has 1 aromatic heterocycles. The first kappa shape index (κ1) is 37.5. The number of aliphatic hydroxyl groups excluding tert-OH is 3. The molecule has 1 spiro atoms. The third-order valence-corrected chi connectivity index (χ3v) is 15.8. The Morgan fingerprint density at radius 2 is 1.94 bits per heavy atom. The van der Waals surface area contributed by atoms with Gasteiger partial charge in [0.25, 0.3) is 0 Å². The Kier molecular flexibility index (Phi) is 10.3. The molecule has 1 aliphatic heterocycles. The van der Waals surface area contributed by atoms with Gasteiger partial charge in [-0.05, 0) is 144 Å². The average molecular weight is 732 g/mol. The number of guanidine groups is 1. The van der Waals surface area contributed by atoms with Crippen LogP contribution in [0.1, 0.15) is 122 Å². The van der Waals surface area contributed by atoms with Gasteiger partial charge in [-0.25, -0.2) is 0 Å². The number of hydrogen-bond acceptors (Lipinski definition) is 7. The molecule has 8 rings (SSSR count). The SMILES string of the molecule is C[C@]1([C@H]2CC[C@H]([C@H](O)NC(N)=NCCc3cccc4cocc34)C2)C[C@@H]2C(=CCO)C[C@@]3(CC[C@@H](CC[C@]4(O)CCC[C@H](O)C4)C3)[C@@H]3O[C@]3(C)CC[C@@H]21. The third-order valence-electron chi connectivity index (χ3n) is 15.8. The summed E-state index contributed by atoms with van der Waals surface area (Å²) < 4.78 is 12.1. The van der Waals surface area contributed by atoms with Gasteiger partial charge in [0.2, 0.25) is 0 Å². The Labute approximate surface area is 315 Å². The first-order valence-corrected chi connectivity index (χ1v) is 21.0. The van der Waals surface area contributed by atoms with Crippen LogP contribution in [0.15, 0.2) is 51.8 Å². The van der Waals surface area contributed by atoms with Gasteiger partial charge in [-0.2, -0.15) is 0 Å². The van der Waals surface area contributed by atoms with Crippen molar-refractivity contribution in [2.45, 2.75) is 153 Å². The van der Waals surface area contributed by atoms with Crippen LogP contribution >= 0.6 is 0 Å². The van der Waals surface area contributed by atoms with Crippen molar-refractivity contribution in [3.63, 3.8) is 0 Å². The van der Waals surface area contributed by atoms with E-state index in [4.69, 9.17) is 14.9 Å². The van der Waals surface area contributed by atoms with Gasteiger partial charge in [0.05, 0.1) is 42.5 Å². The number of aliphatic hydroxyl groups is 4. The van der Waals surface area contributed by atoms with E-state index in [0.717, 1.165) is 107 Å². The quantitative estimate of drug-likeness (QED) is 0.0516. The van der Waals surface area contributed by atoms with Crippen molar-refractivity contribution in [3.8, 4) is 0 Å². The average Bonchev–Trinajstić information content (AvgIpc) is 3.59. The Morgan fingerprint density at radius 1 is 1.08 bits per heavy atom. The highest BCUT2D eigenvalue weighted by Gasteiger charge is 2.67. The minimum absolute atomic E-state index is 0.0816. The Morgan fingerprint density at radius 3 is 2.77 bits per heavy atom. The first-order valence-electron chi connectivity index (χ1n) is 21.0. The fourth-order valence-electron chi connectivity index (χ4n) is 12.8. The van der Waals surface area contributed by atoms with Crippen LogP contribution in [-0.4, -0.2) is 69.2 Å². The fraction of sp³-hybridized carbons (Fsp3) is 0.750. The van der Waals surface area contributed by atoms with Gasteiger partial charge in [-0.15, -0.1) is 0 Å². The van der Waals surface area contributed by atoms with Crippen molar-refractivity contribution in [2.75, 3.05) is 13.2 Å². The van der Waals surface area contributed by atoms with Crippen molar-refractivity contribution in [3.05, 3.63) is 47.9 Å². The normalized spacial score (nSPS) is 42.8. The molecule has 12 atom stereocenters. The molecule has 6 aliphatic rings. The summed E-state index contributed by atoms with van der Waals surface area (Å²) >= 11 is 0. The summed E-state index contributed by atoms with van der Waals surface area (Å²) in [5.41, 5.74) is 8.40. The molecule has 2 heterocycles. The van der Waals surface area contributed by atoms with E-state index in [1.807, 2.05) is 12.1 Å².